The van der Waals surface area contributed by atoms with E-state index in [0.29, 0.717) is 17.2 Å². The summed E-state index contributed by atoms with van der Waals surface area (Å²) in [4.78, 5) is 3.38. The Hall–Kier alpha value is -3.53. The zero-order chi connectivity index (χ0) is 22.6. The summed E-state index contributed by atoms with van der Waals surface area (Å²) in [6.07, 6.45) is -0.496. The SMILES string of the molecule is N=CC(C(=N)c1cccc(NS(=O)(=O)c2cccc(C(F)(F)F)c2)c1)c1ccncc1. The van der Waals surface area contributed by atoms with Crippen LogP contribution in [0.15, 0.2) is 78.0 Å². The van der Waals surface area contributed by atoms with Crippen molar-refractivity contribution >= 4 is 27.6 Å². The number of alkyl halides is 3. The lowest BCUT2D eigenvalue weighted by molar-refractivity contribution is -0.137. The molecule has 1 unspecified atom stereocenters. The van der Waals surface area contributed by atoms with Crippen LogP contribution in [-0.4, -0.2) is 25.3 Å². The lowest BCUT2D eigenvalue weighted by atomic mass is 9.91. The van der Waals surface area contributed by atoms with E-state index in [4.69, 9.17) is 10.8 Å². The highest BCUT2D eigenvalue weighted by atomic mass is 32.2. The summed E-state index contributed by atoms with van der Waals surface area (Å²) >= 11 is 0. The lowest BCUT2D eigenvalue weighted by Crippen LogP contribution is -2.16. The third-order valence-corrected chi connectivity index (χ3v) is 5.82. The maximum Gasteiger partial charge on any atom is 0.416 e. The Labute approximate surface area is 176 Å². The average Bonchev–Trinajstić information content (AvgIpc) is 2.74. The van der Waals surface area contributed by atoms with E-state index in [-0.39, 0.29) is 11.4 Å². The number of anilines is 1. The number of hydrogen-bond donors (Lipinski definition) is 3. The number of nitrogens with zero attached hydrogens (tertiary/aromatic N) is 1. The third kappa shape index (κ3) is 5.15. The molecule has 0 aliphatic heterocycles. The molecule has 0 saturated heterocycles. The monoisotopic (exact) mass is 446 g/mol. The highest BCUT2D eigenvalue weighted by Gasteiger charge is 2.31. The fourth-order valence-corrected chi connectivity index (χ4v) is 4.00. The van der Waals surface area contributed by atoms with Gasteiger partial charge < -0.3 is 10.8 Å². The Morgan fingerprint density at radius 2 is 1.71 bits per heavy atom. The second kappa shape index (κ2) is 8.68. The number of rotatable bonds is 7. The predicted molar refractivity (Wildman–Crippen MR) is 111 cm³/mol. The average molecular weight is 446 g/mol. The largest absolute Gasteiger partial charge is 0.416 e. The maximum atomic E-state index is 12.9. The second-order valence-electron chi connectivity index (χ2n) is 6.55. The summed E-state index contributed by atoms with van der Waals surface area (Å²) in [5, 5.41) is 16.1. The van der Waals surface area contributed by atoms with Crippen molar-refractivity contribution in [2.24, 2.45) is 0 Å². The summed E-state index contributed by atoms with van der Waals surface area (Å²) in [6.45, 7) is 0. The first kappa shape index (κ1) is 22.2. The standard InChI is InChI=1S/C21H17F3N4O2S/c22-21(23,24)16-4-2-6-18(12-16)31(29,30)28-17-5-1-3-15(11-17)20(26)19(13-25)14-7-9-27-10-8-14/h1-13,19,25-26,28H. The summed E-state index contributed by atoms with van der Waals surface area (Å²) in [5.41, 5.74) is 0.0935. The maximum absolute atomic E-state index is 12.9. The molecular weight excluding hydrogens is 429 g/mol. The molecule has 0 fully saturated rings. The first-order valence-electron chi connectivity index (χ1n) is 8.91. The smallest absolute Gasteiger partial charge is 0.312 e. The molecule has 0 radical (unpaired) electrons. The van der Waals surface area contributed by atoms with Crippen LogP contribution in [0, 0.1) is 10.8 Å². The molecule has 1 aromatic heterocycles. The van der Waals surface area contributed by atoms with Gasteiger partial charge in [0.05, 0.1) is 22.1 Å². The van der Waals surface area contributed by atoms with Crippen molar-refractivity contribution in [2.45, 2.75) is 17.0 Å². The number of hydrogen-bond acceptors (Lipinski definition) is 5. The Balaban J connectivity index is 1.88. The lowest BCUT2D eigenvalue weighted by Gasteiger charge is -2.15. The molecule has 3 N–H and O–H groups in total. The van der Waals surface area contributed by atoms with E-state index in [9.17, 15) is 21.6 Å². The molecule has 0 saturated carbocycles. The van der Waals surface area contributed by atoms with Gasteiger partial charge in [0, 0.05) is 24.3 Å². The molecule has 0 amide bonds. The second-order valence-corrected chi connectivity index (χ2v) is 8.23. The molecule has 1 heterocycles. The fourth-order valence-electron chi connectivity index (χ4n) is 2.90. The minimum atomic E-state index is -4.67. The predicted octanol–water partition coefficient (Wildman–Crippen LogP) is 4.70. The molecule has 0 bridgehead atoms. The Morgan fingerprint density at radius 3 is 2.35 bits per heavy atom. The zero-order valence-corrected chi connectivity index (χ0v) is 16.7. The van der Waals surface area contributed by atoms with Crippen molar-refractivity contribution < 1.29 is 21.6 Å². The number of sulfonamides is 1. The Kier molecular flexibility index (Phi) is 6.21. The van der Waals surface area contributed by atoms with Gasteiger partial charge in [-0.1, -0.05) is 18.2 Å². The van der Waals surface area contributed by atoms with Crippen molar-refractivity contribution in [1.29, 1.82) is 10.8 Å². The molecule has 6 nitrogen and oxygen atoms in total. The van der Waals surface area contributed by atoms with Crippen LogP contribution in [0.3, 0.4) is 0 Å². The van der Waals surface area contributed by atoms with Crippen LogP contribution >= 0.6 is 0 Å². The summed E-state index contributed by atoms with van der Waals surface area (Å²) < 4.78 is 66.2. The van der Waals surface area contributed by atoms with E-state index >= 15 is 0 Å². The first-order valence-corrected chi connectivity index (χ1v) is 10.4. The van der Waals surface area contributed by atoms with Gasteiger partial charge in [0.25, 0.3) is 10.0 Å². The van der Waals surface area contributed by atoms with Gasteiger partial charge in [0.1, 0.15) is 0 Å². The summed E-state index contributed by atoms with van der Waals surface area (Å²) in [5.74, 6) is -0.668. The van der Waals surface area contributed by atoms with Crippen LogP contribution in [0.5, 0.6) is 0 Å². The fraction of sp³-hybridized carbons (Fsp3) is 0.0952. The van der Waals surface area contributed by atoms with Crippen molar-refractivity contribution in [3.05, 3.63) is 89.7 Å². The third-order valence-electron chi connectivity index (χ3n) is 4.44. The summed E-state index contributed by atoms with van der Waals surface area (Å²) in [7, 11) is -4.29. The molecule has 0 aliphatic carbocycles. The van der Waals surface area contributed by atoms with Crippen molar-refractivity contribution in [3.63, 3.8) is 0 Å². The van der Waals surface area contributed by atoms with Gasteiger partial charge in [-0.2, -0.15) is 13.2 Å². The minimum Gasteiger partial charge on any atom is -0.312 e. The zero-order valence-electron chi connectivity index (χ0n) is 15.9. The van der Waals surface area contributed by atoms with Gasteiger partial charge in [0.2, 0.25) is 0 Å². The van der Waals surface area contributed by atoms with Crippen LogP contribution < -0.4 is 4.72 Å². The number of halogens is 3. The van der Waals surface area contributed by atoms with Crippen LogP contribution in [0.1, 0.15) is 22.6 Å². The van der Waals surface area contributed by atoms with E-state index in [1.54, 1.807) is 30.6 Å². The van der Waals surface area contributed by atoms with E-state index < -0.39 is 32.6 Å². The van der Waals surface area contributed by atoms with Crippen LogP contribution in [0.4, 0.5) is 18.9 Å². The molecule has 0 aliphatic rings. The van der Waals surface area contributed by atoms with E-state index in [2.05, 4.69) is 9.71 Å². The molecule has 160 valence electrons. The van der Waals surface area contributed by atoms with Gasteiger partial charge in [0.15, 0.2) is 0 Å². The number of benzene rings is 2. The first-order chi connectivity index (χ1) is 14.6. The van der Waals surface area contributed by atoms with Crippen molar-refractivity contribution in [2.75, 3.05) is 4.72 Å². The number of pyridine rings is 1. The van der Waals surface area contributed by atoms with E-state index in [1.807, 2.05) is 0 Å². The van der Waals surface area contributed by atoms with Crippen LogP contribution in [0.25, 0.3) is 0 Å². The Bertz CT molecular complexity index is 1210. The van der Waals surface area contributed by atoms with Gasteiger partial charge in [-0.15, -0.1) is 0 Å². The Morgan fingerprint density at radius 1 is 1.03 bits per heavy atom. The van der Waals surface area contributed by atoms with Crippen LogP contribution in [0.2, 0.25) is 0 Å². The topological polar surface area (TPSA) is 107 Å². The van der Waals surface area contributed by atoms with Crippen molar-refractivity contribution in [3.8, 4) is 0 Å². The van der Waals surface area contributed by atoms with Crippen molar-refractivity contribution in [1.82, 2.24) is 4.98 Å². The quantitative estimate of drug-likeness (QED) is 0.458. The highest BCUT2D eigenvalue weighted by Crippen LogP contribution is 2.31. The van der Waals surface area contributed by atoms with E-state index in [0.717, 1.165) is 24.4 Å². The molecular formula is C21H17F3N4O2S. The molecule has 31 heavy (non-hydrogen) atoms. The van der Waals surface area contributed by atoms with Gasteiger partial charge in [-0.05, 0) is 53.6 Å². The molecule has 3 rings (SSSR count). The number of aromatic nitrogens is 1. The molecule has 3 aromatic rings. The molecule has 10 heteroatoms. The summed E-state index contributed by atoms with van der Waals surface area (Å²) in [6, 6.07) is 12.7. The molecule has 2 aromatic carbocycles. The molecule has 0 spiro atoms. The van der Waals surface area contributed by atoms with Gasteiger partial charge in [-0.3, -0.25) is 9.71 Å². The normalized spacial score (nSPS) is 12.7. The number of nitrogens with one attached hydrogen (secondary N) is 3. The van der Waals surface area contributed by atoms with Gasteiger partial charge in [-0.25, -0.2) is 8.42 Å². The molecule has 1 atom stereocenters. The van der Waals surface area contributed by atoms with Gasteiger partial charge >= 0.3 is 6.18 Å². The highest BCUT2D eigenvalue weighted by molar-refractivity contribution is 7.92. The van der Waals surface area contributed by atoms with Crippen LogP contribution in [-0.2, 0) is 16.2 Å². The van der Waals surface area contributed by atoms with E-state index in [1.165, 1.54) is 18.2 Å². The minimum absolute atomic E-state index is 0.0568.